The van der Waals surface area contributed by atoms with Crippen LogP contribution in [0.4, 0.5) is 17.5 Å². The van der Waals surface area contributed by atoms with Gasteiger partial charge in [-0.3, -0.25) is 0 Å². The first-order valence-electron chi connectivity index (χ1n) is 6.43. The van der Waals surface area contributed by atoms with Crippen LogP contribution in [-0.4, -0.2) is 23.8 Å². The Labute approximate surface area is 124 Å². The van der Waals surface area contributed by atoms with E-state index >= 15 is 0 Å². The van der Waals surface area contributed by atoms with Crippen molar-refractivity contribution in [3.63, 3.8) is 0 Å². The number of thiophene rings is 1. The van der Waals surface area contributed by atoms with Gasteiger partial charge in [-0.1, -0.05) is 0 Å². The molecule has 0 saturated carbocycles. The van der Waals surface area contributed by atoms with E-state index in [0.29, 0.717) is 5.95 Å². The Balaban J connectivity index is 1.75. The number of rotatable bonds is 3. The topological polar surface area (TPSA) is 68.3 Å². The molecule has 0 bridgehead atoms. The summed E-state index contributed by atoms with van der Waals surface area (Å²) in [5.41, 5.74) is 0.896. The van der Waals surface area contributed by atoms with E-state index in [-0.39, 0.29) is 6.79 Å². The van der Waals surface area contributed by atoms with E-state index in [2.05, 4.69) is 20.6 Å². The van der Waals surface area contributed by atoms with E-state index in [1.165, 1.54) is 0 Å². The number of ether oxygens (including phenoxy) is 2. The molecule has 0 spiro atoms. The summed E-state index contributed by atoms with van der Waals surface area (Å²) in [5.74, 6) is 2.86. The van der Waals surface area contributed by atoms with Crippen LogP contribution in [-0.2, 0) is 0 Å². The molecule has 4 rings (SSSR count). The van der Waals surface area contributed by atoms with E-state index in [4.69, 9.17) is 9.47 Å². The molecule has 0 aliphatic carbocycles. The fraction of sp³-hybridized carbons (Fsp3) is 0.143. The summed E-state index contributed by atoms with van der Waals surface area (Å²) in [4.78, 5) is 9.85. The van der Waals surface area contributed by atoms with Crippen LogP contribution in [0.25, 0.3) is 10.2 Å². The van der Waals surface area contributed by atoms with Crippen molar-refractivity contribution in [1.29, 1.82) is 0 Å². The van der Waals surface area contributed by atoms with Crippen LogP contribution >= 0.6 is 11.3 Å². The van der Waals surface area contributed by atoms with Gasteiger partial charge in [0, 0.05) is 18.8 Å². The lowest BCUT2D eigenvalue weighted by molar-refractivity contribution is 0.174. The Kier molecular flexibility index (Phi) is 2.78. The molecular formula is C14H12N4O2S. The molecule has 0 unspecified atom stereocenters. The van der Waals surface area contributed by atoms with Crippen molar-refractivity contribution in [3.8, 4) is 11.5 Å². The molecule has 6 nitrogen and oxygen atoms in total. The van der Waals surface area contributed by atoms with Gasteiger partial charge in [0.2, 0.25) is 12.7 Å². The summed E-state index contributed by atoms with van der Waals surface area (Å²) in [5, 5.41) is 9.29. The molecule has 0 saturated heterocycles. The van der Waals surface area contributed by atoms with Crippen molar-refractivity contribution >= 4 is 39.0 Å². The van der Waals surface area contributed by atoms with Gasteiger partial charge in [0.1, 0.15) is 10.6 Å². The van der Waals surface area contributed by atoms with Gasteiger partial charge in [0.05, 0.1) is 5.39 Å². The summed E-state index contributed by atoms with van der Waals surface area (Å²) in [6.07, 6.45) is 0. The van der Waals surface area contributed by atoms with Gasteiger partial charge in [-0.25, -0.2) is 4.98 Å². The van der Waals surface area contributed by atoms with Gasteiger partial charge >= 0.3 is 0 Å². The second-order valence-electron chi connectivity index (χ2n) is 4.48. The van der Waals surface area contributed by atoms with Crippen molar-refractivity contribution in [3.05, 3.63) is 29.6 Å². The highest BCUT2D eigenvalue weighted by atomic mass is 32.1. The number of fused-ring (bicyclic) bond motifs is 2. The second-order valence-corrected chi connectivity index (χ2v) is 5.37. The lowest BCUT2D eigenvalue weighted by atomic mass is 10.2. The Bertz CT molecular complexity index is 818. The van der Waals surface area contributed by atoms with E-state index in [1.54, 1.807) is 18.4 Å². The minimum Gasteiger partial charge on any atom is -0.454 e. The van der Waals surface area contributed by atoms with E-state index < -0.39 is 0 Å². The predicted molar refractivity (Wildman–Crippen MR) is 82.8 cm³/mol. The Morgan fingerprint density at radius 2 is 2.05 bits per heavy atom. The zero-order valence-electron chi connectivity index (χ0n) is 11.2. The van der Waals surface area contributed by atoms with Crippen LogP contribution in [0.15, 0.2) is 29.6 Å². The third kappa shape index (κ3) is 2.11. The maximum Gasteiger partial charge on any atom is 0.231 e. The first-order chi connectivity index (χ1) is 10.3. The fourth-order valence-corrected chi connectivity index (χ4v) is 2.94. The monoisotopic (exact) mass is 300 g/mol. The smallest absolute Gasteiger partial charge is 0.231 e. The van der Waals surface area contributed by atoms with Crippen LogP contribution in [0.1, 0.15) is 0 Å². The predicted octanol–water partition coefficient (Wildman–Crippen LogP) is 3.21. The van der Waals surface area contributed by atoms with Crippen molar-refractivity contribution in [2.24, 2.45) is 0 Å². The molecule has 0 atom stereocenters. The number of anilines is 3. The molecule has 0 fully saturated rings. The van der Waals surface area contributed by atoms with Gasteiger partial charge in [0.15, 0.2) is 11.5 Å². The average molecular weight is 300 g/mol. The number of benzene rings is 1. The summed E-state index contributed by atoms with van der Waals surface area (Å²) in [6, 6.07) is 7.74. The third-order valence-electron chi connectivity index (χ3n) is 3.18. The zero-order valence-corrected chi connectivity index (χ0v) is 12.0. The molecule has 0 amide bonds. The number of hydrogen-bond donors (Lipinski definition) is 2. The van der Waals surface area contributed by atoms with Crippen LogP contribution in [0.3, 0.4) is 0 Å². The largest absolute Gasteiger partial charge is 0.454 e. The van der Waals surface area contributed by atoms with Crippen molar-refractivity contribution in [2.45, 2.75) is 0 Å². The van der Waals surface area contributed by atoms with Crippen molar-refractivity contribution < 1.29 is 9.47 Å². The fourth-order valence-electron chi connectivity index (χ4n) is 2.17. The van der Waals surface area contributed by atoms with Crippen LogP contribution in [0, 0.1) is 0 Å². The van der Waals surface area contributed by atoms with Crippen LogP contribution < -0.4 is 20.1 Å². The Morgan fingerprint density at radius 3 is 2.95 bits per heavy atom. The number of aromatic nitrogens is 2. The van der Waals surface area contributed by atoms with Gasteiger partial charge in [-0.05, 0) is 23.6 Å². The molecule has 3 aromatic rings. The number of hydrogen-bond acceptors (Lipinski definition) is 7. The summed E-state index contributed by atoms with van der Waals surface area (Å²) in [6.45, 7) is 0.269. The van der Waals surface area contributed by atoms with Gasteiger partial charge in [-0.15, -0.1) is 11.3 Å². The summed E-state index contributed by atoms with van der Waals surface area (Å²) >= 11 is 1.59. The third-order valence-corrected chi connectivity index (χ3v) is 3.99. The van der Waals surface area contributed by atoms with E-state index in [9.17, 15) is 0 Å². The molecule has 106 valence electrons. The maximum absolute atomic E-state index is 5.39. The Hall–Kier alpha value is -2.54. The summed E-state index contributed by atoms with van der Waals surface area (Å²) in [7, 11) is 1.80. The molecule has 2 N–H and O–H groups in total. The molecule has 7 heteroatoms. The SMILES string of the molecule is CNc1nc(Nc2ccc3c(c2)OCO3)c2ccsc2n1. The normalized spacial score (nSPS) is 12.6. The molecule has 0 radical (unpaired) electrons. The van der Waals surface area contributed by atoms with Crippen LogP contribution in [0.2, 0.25) is 0 Å². The minimum absolute atomic E-state index is 0.269. The standard InChI is InChI=1S/C14H12N4O2S/c1-15-14-17-12(9-4-5-21-13(9)18-14)16-8-2-3-10-11(6-8)20-7-19-10/h2-6H,7H2,1H3,(H2,15,16,17,18). The Morgan fingerprint density at radius 1 is 1.14 bits per heavy atom. The average Bonchev–Trinajstić information content (AvgIpc) is 3.14. The van der Waals surface area contributed by atoms with E-state index in [0.717, 1.165) is 33.2 Å². The van der Waals surface area contributed by atoms with Gasteiger partial charge in [0.25, 0.3) is 0 Å². The molecular weight excluding hydrogens is 288 g/mol. The highest BCUT2D eigenvalue weighted by molar-refractivity contribution is 7.16. The first-order valence-corrected chi connectivity index (χ1v) is 7.31. The van der Waals surface area contributed by atoms with Gasteiger partial charge in [-0.2, -0.15) is 4.98 Å². The van der Waals surface area contributed by atoms with Crippen molar-refractivity contribution in [1.82, 2.24) is 9.97 Å². The molecule has 3 heterocycles. The van der Waals surface area contributed by atoms with Crippen molar-refractivity contribution in [2.75, 3.05) is 24.5 Å². The quantitative estimate of drug-likeness (QED) is 0.774. The maximum atomic E-state index is 5.39. The lowest BCUT2D eigenvalue weighted by Crippen LogP contribution is -2.00. The highest BCUT2D eigenvalue weighted by Gasteiger charge is 2.14. The number of nitrogens with one attached hydrogen (secondary N) is 2. The molecule has 1 aliphatic rings. The van der Waals surface area contributed by atoms with Gasteiger partial charge < -0.3 is 20.1 Å². The molecule has 1 aromatic carbocycles. The highest BCUT2D eigenvalue weighted by Crippen LogP contribution is 2.36. The first kappa shape index (κ1) is 12.2. The molecule has 2 aromatic heterocycles. The molecule has 1 aliphatic heterocycles. The van der Waals surface area contributed by atoms with Crippen LogP contribution in [0.5, 0.6) is 11.5 Å². The lowest BCUT2D eigenvalue weighted by Gasteiger charge is -2.09. The molecule has 21 heavy (non-hydrogen) atoms. The number of nitrogens with zero attached hydrogens (tertiary/aromatic N) is 2. The second kappa shape index (κ2) is 4.78. The zero-order chi connectivity index (χ0) is 14.2. The minimum atomic E-state index is 0.269. The summed E-state index contributed by atoms with van der Waals surface area (Å²) < 4.78 is 10.7. The van der Waals surface area contributed by atoms with E-state index in [1.807, 2.05) is 29.6 Å².